The zero-order valence-corrected chi connectivity index (χ0v) is 18.3. The van der Waals surface area contributed by atoms with Gasteiger partial charge in [-0.1, -0.05) is 6.92 Å². The van der Waals surface area contributed by atoms with Crippen LogP contribution in [0.25, 0.3) is 0 Å². The molecule has 160 valence electrons. The summed E-state index contributed by atoms with van der Waals surface area (Å²) in [6.45, 7) is 7.23. The summed E-state index contributed by atoms with van der Waals surface area (Å²) in [6.07, 6.45) is 3.06. The van der Waals surface area contributed by atoms with E-state index in [1.165, 1.54) is 25.0 Å². The highest BCUT2D eigenvalue weighted by Gasteiger charge is 2.27. The van der Waals surface area contributed by atoms with Gasteiger partial charge in [-0.25, -0.2) is 4.39 Å². The Balaban J connectivity index is 0.00000196. The van der Waals surface area contributed by atoms with E-state index >= 15 is 0 Å². The van der Waals surface area contributed by atoms with Crippen LogP contribution in [0.4, 0.5) is 10.1 Å². The molecule has 1 aromatic carbocycles. The number of piperidine rings is 1. The third kappa shape index (κ3) is 6.13. The highest BCUT2D eigenvalue weighted by Crippen LogP contribution is 2.30. The third-order valence-electron chi connectivity index (χ3n) is 5.75. The Morgan fingerprint density at radius 1 is 1.29 bits per heavy atom. The molecule has 1 N–H and O–H groups in total. The van der Waals surface area contributed by atoms with Crippen molar-refractivity contribution in [2.45, 2.75) is 26.2 Å². The summed E-state index contributed by atoms with van der Waals surface area (Å²) in [5, 5.41) is 3.44. The second-order valence-electron chi connectivity index (χ2n) is 7.47. The van der Waals surface area contributed by atoms with Crippen molar-refractivity contribution in [3.8, 4) is 5.75 Å². The Morgan fingerprint density at radius 2 is 2.00 bits per heavy atom. The molecule has 2 atom stereocenters. The summed E-state index contributed by atoms with van der Waals surface area (Å²) in [5.74, 6) is 1.53. The van der Waals surface area contributed by atoms with Gasteiger partial charge >= 0.3 is 0 Å². The van der Waals surface area contributed by atoms with Gasteiger partial charge in [0.05, 0.1) is 12.8 Å². The van der Waals surface area contributed by atoms with Gasteiger partial charge in [-0.2, -0.15) is 0 Å². The van der Waals surface area contributed by atoms with Gasteiger partial charge in [0.1, 0.15) is 11.6 Å². The fourth-order valence-corrected chi connectivity index (χ4v) is 4.05. The third-order valence-corrected chi connectivity index (χ3v) is 5.75. The number of benzene rings is 1. The van der Waals surface area contributed by atoms with Crippen LogP contribution in [0.15, 0.2) is 18.2 Å². The zero-order valence-electron chi connectivity index (χ0n) is 16.7. The molecular weight excluding hydrogens is 404 g/mol. The number of hydrogen-bond donors (Lipinski definition) is 1. The molecule has 3 rings (SSSR count). The summed E-state index contributed by atoms with van der Waals surface area (Å²) >= 11 is 0. The minimum atomic E-state index is -0.300. The molecule has 0 spiro atoms. The predicted octanol–water partition coefficient (Wildman–Crippen LogP) is 3.35. The van der Waals surface area contributed by atoms with Gasteiger partial charge in [0.2, 0.25) is 5.91 Å². The van der Waals surface area contributed by atoms with E-state index in [-0.39, 0.29) is 36.5 Å². The Kier molecular flexibility index (Phi) is 10.4. The maximum Gasteiger partial charge on any atom is 0.222 e. The van der Waals surface area contributed by atoms with E-state index in [0.717, 1.165) is 31.9 Å². The van der Waals surface area contributed by atoms with E-state index in [1.807, 2.05) is 4.90 Å². The van der Waals surface area contributed by atoms with Crippen LogP contribution in [0.3, 0.4) is 0 Å². The first kappa shape index (κ1) is 24.8. The predicted molar refractivity (Wildman–Crippen MR) is 116 cm³/mol. The van der Waals surface area contributed by atoms with E-state index in [9.17, 15) is 9.18 Å². The second-order valence-corrected chi connectivity index (χ2v) is 7.47. The molecule has 2 fully saturated rings. The van der Waals surface area contributed by atoms with Gasteiger partial charge in [0.25, 0.3) is 0 Å². The Morgan fingerprint density at radius 3 is 2.61 bits per heavy atom. The lowest BCUT2D eigenvalue weighted by Gasteiger charge is -2.37. The fourth-order valence-electron chi connectivity index (χ4n) is 4.05. The Bertz CT molecular complexity index is 621. The first-order valence-corrected chi connectivity index (χ1v) is 9.65. The average Bonchev–Trinajstić information content (AvgIpc) is 2.68. The number of carbonyl (C=O) groups is 1. The lowest BCUT2D eigenvalue weighted by molar-refractivity contribution is -0.132. The average molecular weight is 436 g/mol. The molecule has 2 unspecified atom stereocenters. The summed E-state index contributed by atoms with van der Waals surface area (Å²) in [6, 6.07) is 4.62. The second kappa shape index (κ2) is 11.7. The number of ether oxygens (including phenoxy) is 1. The van der Waals surface area contributed by atoms with E-state index in [1.54, 1.807) is 13.2 Å². The molecule has 0 saturated carbocycles. The lowest BCUT2D eigenvalue weighted by atomic mass is 9.85. The smallest absolute Gasteiger partial charge is 0.222 e. The van der Waals surface area contributed by atoms with E-state index < -0.39 is 0 Å². The fraction of sp³-hybridized carbons (Fsp3) is 0.650. The minimum Gasteiger partial charge on any atom is -0.494 e. The molecule has 2 heterocycles. The molecule has 5 nitrogen and oxygen atoms in total. The first-order valence-electron chi connectivity index (χ1n) is 9.65. The van der Waals surface area contributed by atoms with Crippen molar-refractivity contribution in [1.82, 2.24) is 10.2 Å². The maximum atomic E-state index is 13.4. The molecular formula is C20H32Cl2FN3O2. The van der Waals surface area contributed by atoms with E-state index in [4.69, 9.17) is 4.74 Å². The summed E-state index contributed by atoms with van der Waals surface area (Å²) < 4.78 is 18.7. The molecule has 28 heavy (non-hydrogen) atoms. The highest BCUT2D eigenvalue weighted by atomic mass is 35.5. The van der Waals surface area contributed by atoms with Crippen molar-refractivity contribution in [2.24, 2.45) is 11.8 Å². The zero-order chi connectivity index (χ0) is 18.5. The van der Waals surface area contributed by atoms with Crippen molar-refractivity contribution >= 4 is 36.4 Å². The number of methoxy groups -OCH3 is 1. The van der Waals surface area contributed by atoms with Gasteiger partial charge in [0, 0.05) is 38.7 Å². The molecule has 2 aliphatic heterocycles. The molecule has 1 amide bonds. The monoisotopic (exact) mass is 435 g/mol. The number of hydrogen-bond acceptors (Lipinski definition) is 4. The highest BCUT2D eigenvalue weighted by molar-refractivity contribution is 5.85. The molecule has 0 bridgehead atoms. The number of halogens is 3. The van der Waals surface area contributed by atoms with Crippen molar-refractivity contribution in [1.29, 1.82) is 0 Å². The van der Waals surface area contributed by atoms with Gasteiger partial charge in [0.15, 0.2) is 0 Å². The SMILES string of the molecule is COc1cc(F)ccc1N1CCN(C(=O)CC(C)C2CCCNC2)CC1.Cl.Cl. The number of rotatable bonds is 5. The number of amides is 1. The van der Waals surface area contributed by atoms with Crippen LogP contribution in [0.5, 0.6) is 5.75 Å². The Hall–Kier alpha value is -1.24. The largest absolute Gasteiger partial charge is 0.494 e. The van der Waals surface area contributed by atoms with Crippen LogP contribution in [0.2, 0.25) is 0 Å². The summed E-state index contributed by atoms with van der Waals surface area (Å²) in [4.78, 5) is 16.8. The molecule has 0 aromatic heterocycles. The minimum absolute atomic E-state index is 0. The number of nitrogens with one attached hydrogen (secondary N) is 1. The summed E-state index contributed by atoms with van der Waals surface area (Å²) in [7, 11) is 1.56. The standard InChI is InChI=1S/C20H30FN3O2.2ClH/c1-15(16-4-3-7-22-14-16)12-20(25)24-10-8-23(9-11-24)18-6-5-17(21)13-19(18)26-2;;/h5-6,13,15-16,22H,3-4,7-12,14H2,1-2H3;2*1H. The van der Waals surface area contributed by atoms with Crippen molar-refractivity contribution in [2.75, 3.05) is 51.3 Å². The van der Waals surface area contributed by atoms with Crippen LogP contribution in [-0.4, -0.2) is 57.2 Å². The summed E-state index contributed by atoms with van der Waals surface area (Å²) in [5.41, 5.74) is 0.891. The van der Waals surface area contributed by atoms with E-state index in [0.29, 0.717) is 37.1 Å². The van der Waals surface area contributed by atoms with Gasteiger partial charge in [-0.05, 0) is 49.9 Å². The van der Waals surface area contributed by atoms with Crippen LogP contribution in [0.1, 0.15) is 26.2 Å². The van der Waals surface area contributed by atoms with Gasteiger partial charge in [-0.15, -0.1) is 24.8 Å². The van der Waals surface area contributed by atoms with Crippen LogP contribution in [-0.2, 0) is 4.79 Å². The molecule has 2 aliphatic rings. The first-order chi connectivity index (χ1) is 12.6. The maximum absolute atomic E-state index is 13.4. The Labute approximate surface area is 179 Å². The van der Waals surface area contributed by atoms with Gasteiger partial charge in [-0.3, -0.25) is 4.79 Å². The van der Waals surface area contributed by atoms with Crippen LogP contribution < -0.4 is 15.0 Å². The molecule has 0 radical (unpaired) electrons. The number of carbonyl (C=O) groups excluding carboxylic acids is 1. The molecule has 0 aliphatic carbocycles. The van der Waals surface area contributed by atoms with Crippen molar-refractivity contribution in [3.63, 3.8) is 0 Å². The molecule has 1 aromatic rings. The number of anilines is 1. The normalized spacial score (nSPS) is 20.6. The molecule has 8 heteroatoms. The van der Waals surface area contributed by atoms with Gasteiger partial charge < -0.3 is 19.9 Å². The number of piperazine rings is 1. The molecule has 2 saturated heterocycles. The topological polar surface area (TPSA) is 44.8 Å². The quantitative estimate of drug-likeness (QED) is 0.769. The number of nitrogens with zero attached hydrogens (tertiary/aromatic N) is 2. The van der Waals surface area contributed by atoms with Crippen molar-refractivity contribution in [3.05, 3.63) is 24.0 Å². The lowest BCUT2D eigenvalue weighted by Crippen LogP contribution is -2.49. The van der Waals surface area contributed by atoms with Crippen molar-refractivity contribution < 1.29 is 13.9 Å². The van der Waals surface area contributed by atoms with E-state index in [2.05, 4.69) is 17.1 Å². The van der Waals surface area contributed by atoms with Crippen LogP contribution >= 0.6 is 24.8 Å². The van der Waals surface area contributed by atoms with Crippen LogP contribution in [0, 0.1) is 17.7 Å².